The summed E-state index contributed by atoms with van der Waals surface area (Å²) < 4.78 is 46.9. The van der Waals surface area contributed by atoms with Gasteiger partial charge >= 0.3 is 6.36 Å². The minimum absolute atomic E-state index is 0.0969. The number of rotatable bonds is 7. The summed E-state index contributed by atoms with van der Waals surface area (Å²) in [5, 5.41) is 6.65. The second kappa shape index (κ2) is 9.41. The molecule has 10 heteroatoms. The van der Waals surface area contributed by atoms with Crippen LogP contribution in [0.5, 0.6) is 5.75 Å². The van der Waals surface area contributed by atoms with Crippen LogP contribution in [0.1, 0.15) is 31.3 Å². The summed E-state index contributed by atoms with van der Waals surface area (Å²) in [5.74, 6) is -0.507. The van der Waals surface area contributed by atoms with Crippen molar-refractivity contribution in [1.29, 1.82) is 0 Å². The minimum Gasteiger partial charge on any atom is -0.405 e. The number of carbonyl (C=O) groups excluding carboxylic acids is 1. The summed E-state index contributed by atoms with van der Waals surface area (Å²) >= 11 is 0. The third-order valence-electron chi connectivity index (χ3n) is 4.15. The fourth-order valence-corrected chi connectivity index (χ4v) is 2.69. The molecule has 0 radical (unpaired) electrons. The SMILES string of the molecule is CC(C)C(NC(=O)/C=C/c1ccccc1OC(F)(F)F)c1nc(-c2cccnc2)no1. The van der Waals surface area contributed by atoms with Gasteiger partial charge in [0.2, 0.25) is 17.6 Å². The predicted octanol–water partition coefficient (Wildman–Crippen LogP) is 4.56. The van der Waals surface area contributed by atoms with Crippen LogP contribution in [-0.4, -0.2) is 27.4 Å². The number of para-hydroxylation sites is 1. The molecule has 1 unspecified atom stereocenters. The molecule has 0 aliphatic rings. The van der Waals surface area contributed by atoms with Crippen LogP contribution in [-0.2, 0) is 4.79 Å². The number of hydrogen-bond donors (Lipinski definition) is 1. The van der Waals surface area contributed by atoms with E-state index < -0.39 is 24.1 Å². The third kappa shape index (κ3) is 6.14. The molecule has 0 bridgehead atoms. The zero-order valence-corrected chi connectivity index (χ0v) is 16.6. The van der Waals surface area contributed by atoms with E-state index in [2.05, 4.69) is 25.2 Å². The van der Waals surface area contributed by atoms with E-state index >= 15 is 0 Å². The van der Waals surface area contributed by atoms with Crippen molar-refractivity contribution < 1.29 is 27.2 Å². The predicted molar refractivity (Wildman–Crippen MR) is 105 cm³/mol. The Hall–Kier alpha value is -3.69. The highest BCUT2D eigenvalue weighted by Gasteiger charge is 2.31. The molecule has 31 heavy (non-hydrogen) atoms. The van der Waals surface area contributed by atoms with Crippen LogP contribution in [0.4, 0.5) is 13.2 Å². The number of hydrogen-bond acceptors (Lipinski definition) is 6. The first-order valence-electron chi connectivity index (χ1n) is 9.30. The van der Waals surface area contributed by atoms with E-state index in [1.807, 2.05) is 13.8 Å². The fraction of sp³-hybridized carbons (Fsp3) is 0.238. The smallest absolute Gasteiger partial charge is 0.405 e. The molecule has 1 atom stereocenters. The summed E-state index contributed by atoms with van der Waals surface area (Å²) in [6.45, 7) is 3.71. The molecule has 0 saturated heterocycles. The van der Waals surface area contributed by atoms with Crippen molar-refractivity contribution in [1.82, 2.24) is 20.4 Å². The average molecular weight is 432 g/mol. The Morgan fingerprint density at radius 2 is 1.97 bits per heavy atom. The molecule has 1 amide bonds. The van der Waals surface area contributed by atoms with E-state index in [1.165, 1.54) is 30.3 Å². The van der Waals surface area contributed by atoms with Crippen molar-refractivity contribution in [3.05, 3.63) is 66.3 Å². The molecule has 2 aromatic heterocycles. The highest BCUT2D eigenvalue weighted by Crippen LogP contribution is 2.27. The van der Waals surface area contributed by atoms with E-state index in [0.29, 0.717) is 11.4 Å². The lowest BCUT2D eigenvalue weighted by molar-refractivity contribution is -0.274. The van der Waals surface area contributed by atoms with Gasteiger partial charge in [-0.3, -0.25) is 9.78 Å². The third-order valence-corrected chi connectivity index (χ3v) is 4.15. The molecule has 1 N–H and O–H groups in total. The zero-order chi connectivity index (χ0) is 22.4. The monoisotopic (exact) mass is 432 g/mol. The second-order valence-corrected chi connectivity index (χ2v) is 6.85. The number of halogens is 3. The van der Waals surface area contributed by atoms with Gasteiger partial charge in [0.15, 0.2) is 0 Å². The van der Waals surface area contributed by atoms with Gasteiger partial charge < -0.3 is 14.6 Å². The van der Waals surface area contributed by atoms with Gasteiger partial charge in [-0.25, -0.2) is 0 Å². The van der Waals surface area contributed by atoms with Crippen LogP contribution in [0.15, 0.2) is 59.4 Å². The summed E-state index contributed by atoms with van der Waals surface area (Å²) in [6.07, 6.45) is 0.723. The molecule has 0 fully saturated rings. The van der Waals surface area contributed by atoms with Crippen molar-refractivity contribution in [2.45, 2.75) is 26.3 Å². The number of alkyl halides is 3. The second-order valence-electron chi connectivity index (χ2n) is 6.85. The van der Waals surface area contributed by atoms with Crippen molar-refractivity contribution in [3.8, 4) is 17.1 Å². The summed E-state index contributed by atoms with van der Waals surface area (Å²) in [7, 11) is 0. The molecular weight excluding hydrogens is 413 g/mol. The molecule has 0 saturated carbocycles. The number of benzene rings is 1. The maximum absolute atomic E-state index is 12.5. The van der Waals surface area contributed by atoms with Gasteiger partial charge in [0.1, 0.15) is 11.8 Å². The van der Waals surface area contributed by atoms with Crippen LogP contribution in [0.3, 0.4) is 0 Å². The number of nitrogens with one attached hydrogen (secondary N) is 1. The van der Waals surface area contributed by atoms with Crippen LogP contribution in [0.25, 0.3) is 17.5 Å². The lowest BCUT2D eigenvalue weighted by atomic mass is 10.0. The molecule has 162 valence electrons. The molecule has 0 spiro atoms. The largest absolute Gasteiger partial charge is 0.573 e. The Balaban J connectivity index is 1.73. The molecule has 3 rings (SSSR count). The van der Waals surface area contributed by atoms with Crippen molar-refractivity contribution >= 4 is 12.0 Å². The van der Waals surface area contributed by atoms with Crippen LogP contribution in [0.2, 0.25) is 0 Å². The molecular formula is C21H19F3N4O3. The fourth-order valence-electron chi connectivity index (χ4n) is 2.69. The summed E-state index contributed by atoms with van der Waals surface area (Å²) in [4.78, 5) is 20.7. The van der Waals surface area contributed by atoms with Gasteiger partial charge in [0.05, 0.1) is 0 Å². The van der Waals surface area contributed by atoms with E-state index in [1.54, 1.807) is 24.5 Å². The molecule has 3 aromatic rings. The zero-order valence-electron chi connectivity index (χ0n) is 16.6. The summed E-state index contributed by atoms with van der Waals surface area (Å²) in [5.41, 5.74) is 0.764. The van der Waals surface area contributed by atoms with E-state index in [-0.39, 0.29) is 17.4 Å². The Bertz CT molecular complexity index is 1050. The number of aromatic nitrogens is 3. The highest BCUT2D eigenvalue weighted by molar-refractivity contribution is 5.92. The van der Waals surface area contributed by atoms with Gasteiger partial charge in [0, 0.05) is 29.6 Å². The Kier molecular flexibility index (Phi) is 6.68. The number of nitrogens with zero attached hydrogens (tertiary/aromatic N) is 3. The topological polar surface area (TPSA) is 90.1 Å². The molecule has 2 heterocycles. The standard InChI is InChI=1S/C21H19F3N4O3/c1-13(2)18(20-27-19(28-31-20)15-7-5-11-25-12-15)26-17(29)10-9-14-6-3-4-8-16(14)30-21(22,23)24/h3-13,18H,1-2H3,(H,26,29)/b10-9+. The lowest BCUT2D eigenvalue weighted by Crippen LogP contribution is -2.30. The number of carbonyl (C=O) groups is 1. The molecule has 0 aliphatic heterocycles. The number of amides is 1. The van der Waals surface area contributed by atoms with Crippen molar-refractivity contribution in [3.63, 3.8) is 0 Å². The lowest BCUT2D eigenvalue weighted by Gasteiger charge is -2.17. The summed E-state index contributed by atoms with van der Waals surface area (Å²) in [6, 6.07) is 8.42. The van der Waals surface area contributed by atoms with Crippen LogP contribution in [0, 0.1) is 5.92 Å². The first-order chi connectivity index (χ1) is 14.7. The highest BCUT2D eigenvalue weighted by atomic mass is 19.4. The Morgan fingerprint density at radius 3 is 2.65 bits per heavy atom. The van der Waals surface area contributed by atoms with Crippen molar-refractivity contribution in [2.75, 3.05) is 0 Å². The minimum atomic E-state index is -4.83. The van der Waals surface area contributed by atoms with Gasteiger partial charge in [-0.05, 0) is 30.2 Å². The van der Waals surface area contributed by atoms with Crippen molar-refractivity contribution in [2.24, 2.45) is 5.92 Å². The van der Waals surface area contributed by atoms with Crippen LogP contribution >= 0.6 is 0 Å². The number of pyridine rings is 1. The quantitative estimate of drug-likeness (QED) is 0.551. The van der Waals surface area contributed by atoms with Gasteiger partial charge in [0.25, 0.3) is 0 Å². The number of ether oxygens (including phenoxy) is 1. The maximum atomic E-state index is 12.5. The average Bonchev–Trinajstić information content (AvgIpc) is 3.20. The Morgan fingerprint density at radius 1 is 1.19 bits per heavy atom. The van der Waals surface area contributed by atoms with E-state index in [4.69, 9.17) is 4.52 Å². The Labute approximate surface area is 176 Å². The van der Waals surface area contributed by atoms with E-state index in [9.17, 15) is 18.0 Å². The maximum Gasteiger partial charge on any atom is 0.573 e. The van der Waals surface area contributed by atoms with E-state index in [0.717, 1.165) is 6.08 Å². The van der Waals surface area contributed by atoms with Gasteiger partial charge in [-0.1, -0.05) is 37.2 Å². The van der Waals surface area contributed by atoms with Gasteiger partial charge in [-0.15, -0.1) is 13.2 Å². The molecule has 0 aliphatic carbocycles. The van der Waals surface area contributed by atoms with Crippen LogP contribution < -0.4 is 10.1 Å². The molecule has 7 nitrogen and oxygen atoms in total. The van der Waals surface area contributed by atoms with Gasteiger partial charge in [-0.2, -0.15) is 4.98 Å². The molecule has 1 aromatic carbocycles. The first-order valence-corrected chi connectivity index (χ1v) is 9.30. The first kappa shape index (κ1) is 22.0. The normalized spacial score (nSPS) is 12.8.